The van der Waals surface area contributed by atoms with Crippen LogP contribution in [0.1, 0.15) is 69.7 Å². The van der Waals surface area contributed by atoms with Gasteiger partial charge >= 0.3 is 5.97 Å². The van der Waals surface area contributed by atoms with Gasteiger partial charge in [-0.3, -0.25) is 4.79 Å². The van der Waals surface area contributed by atoms with Crippen molar-refractivity contribution >= 4 is 5.97 Å². The molecule has 0 aliphatic carbocycles. The number of ether oxygens (including phenoxy) is 2. The van der Waals surface area contributed by atoms with Crippen molar-refractivity contribution in [2.45, 2.75) is 58.3 Å². The van der Waals surface area contributed by atoms with Gasteiger partial charge in [-0.1, -0.05) is 65.8 Å². The Morgan fingerprint density at radius 3 is 2.04 bits per heavy atom. The second-order valence-electron chi connectivity index (χ2n) is 9.07. The van der Waals surface area contributed by atoms with E-state index in [2.05, 4.69) is 53.7 Å². The lowest BCUT2D eigenvalue weighted by Crippen LogP contribution is -2.17. The summed E-state index contributed by atoms with van der Waals surface area (Å²) in [6.45, 7) is 13.1. The Balaban J connectivity index is 2.21. The lowest BCUT2D eigenvalue weighted by molar-refractivity contribution is -0.133. The van der Waals surface area contributed by atoms with E-state index >= 15 is 0 Å². The fraction of sp³-hybridized carbons (Fsp3) is 0.435. The summed E-state index contributed by atoms with van der Waals surface area (Å²) < 4.78 is 11.0. The summed E-state index contributed by atoms with van der Waals surface area (Å²) in [5.41, 5.74) is 4.09. The number of esters is 1. The third-order valence-electron chi connectivity index (χ3n) is 4.99. The van der Waals surface area contributed by atoms with Gasteiger partial charge in [-0.15, -0.1) is 0 Å². The van der Waals surface area contributed by atoms with Gasteiger partial charge in [0.15, 0.2) is 0 Å². The smallest absolute Gasteiger partial charge is 0.323 e. The molecule has 0 unspecified atom stereocenters. The van der Waals surface area contributed by atoms with Gasteiger partial charge < -0.3 is 9.47 Å². The Kier molecular flexibility index (Phi) is 4.38. The lowest BCUT2D eigenvalue weighted by atomic mass is 9.77. The number of carbonyl (C=O) groups excluding carboxylic acids is 1. The molecular formula is C23H28O3. The van der Waals surface area contributed by atoms with E-state index in [1.54, 1.807) is 7.11 Å². The van der Waals surface area contributed by atoms with Crippen molar-refractivity contribution in [2.75, 3.05) is 7.11 Å². The molecule has 2 aromatic carbocycles. The minimum absolute atomic E-state index is 0.00880. The summed E-state index contributed by atoms with van der Waals surface area (Å²) in [6, 6.07) is 12.0. The van der Waals surface area contributed by atoms with Crippen LogP contribution in [0, 0.1) is 0 Å². The van der Waals surface area contributed by atoms with Crippen LogP contribution in [0.15, 0.2) is 36.4 Å². The molecule has 1 atom stereocenters. The first-order valence-corrected chi connectivity index (χ1v) is 9.07. The molecule has 0 saturated carbocycles. The molecule has 0 bridgehead atoms. The van der Waals surface area contributed by atoms with Gasteiger partial charge in [-0.2, -0.15) is 0 Å². The standard InChI is InChI=1S/C23H28O3/c1-22(2,3)15-12-17-19(14-8-10-16(25-7)11-9-14)21(24)26-20(17)18(13-15)23(4,5)6/h8-13,19H,1-7H3/t19-/m0/s1. The summed E-state index contributed by atoms with van der Waals surface area (Å²) in [7, 11) is 1.64. The highest BCUT2D eigenvalue weighted by atomic mass is 16.5. The largest absolute Gasteiger partial charge is 0.497 e. The number of rotatable bonds is 2. The Morgan fingerprint density at radius 1 is 0.923 bits per heavy atom. The molecule has 1 aliphatic heterocycles. The Bertz CT molecular complexity index is 833. The predicted molar refractivity (Wildman–Crippen MR) is 104 cm³/mol. The highest BCUT2D eigenvalue weighted by molar-refractivity contribution is 5.90. The molecule has 3 heteroatoms. The Labute approximate surface area is 156 Å². The number of hydrogen-bond donors (Lipinski definition) is 0. The van der Waals surface area contributed by atoms with E-state index in [-0.39, 0.29) is 22.7 Å². The molecule has 2 aromatic rings. The molecule has 0 spiro atoms. The first-order chi connectivity index (χ1) is 12.0. The highest BCUT2D eigenvalue weighted by Gasteiger charge is 2.39. The fourth-order valence-corrected chi connectivity index (χ4v) is 3.37. The zero-order valence-corrected chi connectivity index (χ0v) is 16.8. The zero-order valence-electron chi connectivity index (χ0n) is 16.8. The molecule has 0 N–H and O–H groups in total. The van der Waals surface area contributed by atoms with Crippen LogP contribution in [0.3, 0.4) is 0 Å². The monoisotopic (exact) mass is 352 g/mol. The highest BCUT2D eigenvalue weighted by Crippen LogP contribution is 2.47. The molecule has 0 aromatic heterocycles. The van der Waals surface area contributed by atoms with Gasteiger partial charge in [-0.05, 0) is 34.1 Å². The van der Waals surface area contributed by atoms with E-state index < -0.39 is 0 Å². The van der Waals surface area contributed by atoms with Crippen LogP contribution in [0.5, 0.6) is 11.5 Å². The fourth-order valence-electron chi connectivity index (χ4n) is 3.37. The van der Waals surface area contributed by atoms with Crippen molar-refractivity contribution in [1.82, 2.24) is 0 Å². The zero-order chi connectivity index (χ0) is 19.3. The van der Waals surface area contributed by atoms with Gasteiger partial charge in [0.1, 0.15) is 17.4 Å². The second kappa shape index (κ2) is 6.15. The SMILES string of the molecule is COc1ccc([C@@H]2C(=O)Oc3c2cc(C(C)(C)C)cc3C(C)(C)C)cc1. The molecule has 3 nitrogen and oxygen atoms in total. The van der Waals surface area contributed by atoms with Gasteiger partial charge in [0.25, 0.3) is 0 Å². The Hall–Kier alpha value is -2.29. The van der Waals surface area contributed by atoms with Crippen LogP contribution < -0.4 is 9.47 Å². The van der Waals surface area contributed by atoms with Crippen LogP contribution in [-0.4, -0.2) is 13.1 Å². The van der Waals surface area contributed by atoms with E-state index in [0.717, 1.165) is 28.2 Å². The molecule has 0 radical (unpaired) electrons. The third-order valence-corrected chi connectivity index (χ3v) is 4.99. The normalized spacial score (nSPS) is 17.0. The summed E-state index contributed by atoms with van der Waals surface area (Å²) in [5, 5.41) is 0. The molecule has 1 aliphatic rings. The van der Waals surface area contributed by atoms with Crippen LogP contribution in [-0.2, 0) is 15.6 Å². The van der Waals surface area contributed by atoms with Crippen molar-refractivity contribution in [2.24, 2.45) is 0 Å². The quantitative estimate of drug-likeness (QED) is 0.540. The van der Waals surface area contributed by atoms with Gasteiger partial charge in [0.05, 0.1) is 7.11 Å². The summed E-state index contributed by atoms with van der Waals surface area (Å²) in [4.78, 5) is 12.8. The van der Waals surface area contributed by atoms with Crippen molar-refractivity contribution in [3.8, 4) is 11.5 Å². The molecule has 1 heterocycles. The molecule has 3 rings (SSSR count). The number of hydrogen-bond acceptors (Lipinski definition) is 3. The van der Waals surface area contributed by atoms with Crippen LogP contribution >= 0.6 is 0 Å². The average molecular weight is 352 g/mol. The van der Waals surface area contributed by atoms with E-state index in [1.165, 1.54) is 5.56 Å². The molecule has 0 saturated heterocycles. The number of carbonyl (C=O) groups is 1. The predicted octanol–water partition coefficient (Wildman–Crippen LogP) is 5.34. The molecule has 0 amide bonds. The van der Waals surface area contributed by atoms with E-state index in [9.17, 15) is 4.79 Å². The summed E-state index contributed by atoms with van der Waals surface area (Å²) >= 11 is 0. The molecule has 26 heavy (non-hydrogen) atoms. The van der Waals surface area contributed by atoms with Crippen LogP contribution in [0.2, 0.25) is 0 Å². The third kappa shape index (κ3) is 3.23. The summed E-state index contributed by atoms with van der Waals surface area (Å²) in [5.74, 6) is 0.913. The number of methoxy groups -OCH3 is 1. The Morgan fingerprint density at radius 2 is 1.54 bits per heavy atom. The van der Waals surface area contributed by atoms with Crippen LogP contribution in [0.4, 0.5) is 0 Å². The second-order valence-corrected chi connectivity index (χ2v) is 9.07. The van der Waals surface area contributed by atoms with Crippen molar-refractivity contribution in [1.29, 1.82) is 0 Å². The summed E-state index contributed by atoms with van der Waals surface area (Å²) in [6.07, 6.45) is 0. The van der Waals surface area contributed by atoms with E-state index in [0.29, 0.717) is 0 Å². The van der Waals surface area contributed by atoms with Gasteiger partial charge in [-0.25, -0.2) is 0 Å². The average Bonchev–Trinajstić information content (AvgIpc) is 2.88. The maximum atomic E-state index is 12.8. The lowest BCUT2D eigenvalue weighted by Gasteiger charge is -2.27. The molecule has 138 valence electrons. The van der Waals surface area contributed by atoms with Gasteiger partial charge in [0.2, 0.25) is 0 Å². The number of fused-ring (bicyclic) bond motifs is 1. The van der Waals surface area contributed by atoms with Gasteiger partial charge in [0, 0.05) is 11.1 Å². The maximum absolute atomic E-state index is 12.8. The first kappa shape index (κ1) is 18.5. The molecular weight excluding hydrogens is 324 g/mol. The first-order valence-electron chi connectivity index (χ1n) is 9.07. The van der Waals surface area contributed by atoms with E-state index in [1.807, 2.05) is 24.3 Å². The van der Waals surface area contributed by atoms with Crippen molar-refractivity contribution < 1.29 is 14.3 Å². The maximum Gasteiger partial charge on any atom is 0.323 e. The molecule has 0 fully saturated rings. The number of benzene rings is 2. The minimum atomic E-state index is -0.390. The van der Waals surface area contributed by atoms with Crippen LogP contribution in [0.25, 0.3) is 0 Å². The topological polar surface area (TPSA) is 35.5 Å². The van der Waals surface area contributed by atoms with Crippen molar-refractivity contribution in [3.63, 3.8) is 0 Å². The van der Waals surface area contributed by atoms with E-state index in [4.69, 9.17) is 9.47 Å². The van der Waals surface area contributed by atoms with Crippen molar-refractivity contribution in [3.05, 3.63) is 58.7 Å². The minimum Gasteiger partial charge on any atom is -0.497 e.